The van der Waals surface area contributed by atoms with Gasteiger partial charge >= 0.3 is 0 Å². The lowest BCUT2D eigenvalue weighted by atomic mass is 10.0. The first-order valence-electron chi connectivity index (χ1n) is 4.08. The minimum absolute atomic E-state index is 0.812. The zero-order valence-electron chi connectivity index (χ0n) is 6.64. The van der Waals surface area contributed by atoms with Gasteiger partial charge in [0.15, 0.2) is 0 Å². The van der Waals surface area contributed by atoms with Crippen molar-refractivity contribution in [2.45, 2.75) is 19.3 Å². The normalized spacial score (nSPS) is 14.4. The van der Waals surface area contributed by atoms with Gasteiger partial charge in [-0.3, -0.25) is 4.79 Å². The molecule has 0 N–H and O–H groups in total. The van der Waals surface area contributed by atoms with Crippen molar-refractivity contribution in [1.82, 2.24) is 0 Å². The van der Waals surface area contributed by atoms with Crippen molar-refractivity contribution in [3.05, 3.63) is 33.8 Å². The van der Waals surface area contributed by atoms with E-state index < -0.39 is 0 Å². The predicted molar refractivity (Wildman–Crippen MR) is 48.9 cm³/mol. The Morgan fingerprint density at radius 1 is 1.25 bits per heavy atom. The second kappa shape index (κ2) is 2.91. The molecular weight excluding hydrogens is 172 g/mol. The molecule has 0 unspecified atom stereocenters. The van der Waals surface area contributed by atoms with Crippen molar-refractivity contribution in [2.75, 3.05) is 0 Å². The first-order valence-corrected chi connectivity index (χ1v) is 4.46. The molecule has 1 aromatic rings. The summed E-state index contributed by atoms with van der Waals surface area (Å²) in [5.41, 5.74) is 3.16. The van der Waals surface area contributed by atoms with Gasteiger partial charge in [0.05, 0.1) is 0 Å². The summed E-state index contributed by atoms with van der Waals surface area (Å²) >= 11 is 5.98. The van der Waals surface area contributed by atoms with Crippen LogP contribution in [0.1, 0.15) is 27.9 Å². The minimum atomic E-state index is 0.812. The van der Waals surface area contributed by atoms with E-state index in [0.717, 1.165) is 41.7 Å². The molecule has 0 heterocycles. The fourth-order valence-corrected chi connectivity index (χ4v) is 2.07. The van der Waals surface area contributed by atoms with Crippen LogP contribution < -0.4 is 0 Å². The first-order chi connectivity index (χ1) is 5.83. The monoisotopic (exact) mass is 180 g/mol. The van der Waals surface area contributed by atoms with Gasteiger partial charge in [0.25, 0.3) is 0 Å². The van der Waals surface area contributed by atoms with Gasteiger partial charge in [-0.15, -0.1) is 0 Å². The van der Waals surface area contributed by atoms with Gasteiger partial charge in [0.2, 0.25) is 0 Å². The smallest absolute Gasteiger partial charge is 0.150 e. The average molecular weight is 181 g/mol. The quantitative estimate of drug-likeness (QED) is 0.608. The fourth-order valence-electron chi connectivity index (χ4n) is 1.80. The van der Waals surface area contributed by atoms with E-state index in [0.29, 0.717) is 0 Å². The first kappa shape index (κ1) is 7.81. The fraction of sp³-hybridized carbons (Fsp3) is 0.300. The van der Waals surface area contributed by atoms with Gasteiger partial charge in [-0.05, 0) is 42.5 Å². The molecule has 2 rings (SSSR count). The molecule has 1 aliphatic carbocycles. The average Bonchev–Trinajstić information content (AvgIpc) is 2.54. The van der Waals surface area contributed by atoms with Crippen molar-refractivity contribution >= 4 is 17.9 Å². The molecule has 0 atom stereocenters. The maximum atomic E-state index is 10.6. The van der Waals surface area contributed by atoms with Crippen LogP contribution in [0.4, 0.5) is 0 Å². The summed E-state index contributed by atoms with van der Waals surface area (Å²) in [5, 5.41) is 0.813. The van der Waals surface area contributed by atoms with Gasteiger partial charge in [0, 0.05) is 10.6 Å². The molecule has 0 fully saturated rings. The number of rotatable bonds is 1. The molecule has 0 amide bonds. The van der Waals surface area contributed by atoms with Crippen molar-refractivity contribution in [1.29, 1.82) is 0 Å². The van der Waals surface area contributed by atoms with E-state index >= 15 is 0 Å². The highest BCUT2D eigenvalue weighted by atomic mass is 35.5. The molecule has 12 heavy (non-hydrogen) atoms. The van der Waals surface area contributed by atoms with Crippen LogP contribution in [0.5, 0.6) is 0 Å². The summed E-state index contributed by atoms with van der Waals surface area (Å²) in [6.07, 6.45) is 4.07. The van der Waals surface area contributed by atoms with Crippen LogP contribution in [0, 0.1) is 0 Å². The number of halogens is 1. The van der Waals surface area contributed by atoms with Crippen LogP contribution in [0.25, 0.3) is 0 Å². The predicted octanol–water partition coefficient (Wildman–Crippen LogP) is 2.64. The van der Waals surface area contributed by atoms with E-state index in [1.807, 2.05) is 6.07 Å². The number of fused-ring (bicyclic) bond motifs is 1. The summed E-state index contributed by atoms with van der Waals surface area (Å²) < 4.78 is 0. The van der Waals surface area contributed by atoms with Crippen LogP contribution in [0.3, 0.4) is 0 Å². The Labute approximate surface area is 76.4 Å². The molecule has 1 nitrogen and oxygen atoms in total. The second-order valence-electron chi connectivity index (χ2n) is 3.07. The summed E-state index contributed by atoms with van der Waals surface area (Å²) in [7, 11) is 0. The molecule has 0 saturated carbocycles. The molecule has 0 bridgehead atoms. The molecule has 2 heteroatoms. The zero-order chi connectivity index (χ0) is 8.55. The van der Waals surface area contributed by atoms with E-state index in [1.165, 1.54) is 5.56 Å². The Bertz CT molecular complexity index is 331. The number of aldehydes is 1. The highest BCUT2D eigenvalue weighted by Crippen LogP contribution is 2.30. The van der Waals surface area contributed by atoms with Gasteiger partial charge < -0.3 is 0 Å². The van der Waals surface area contributed by atoms with Crippen LogP contribution in [0.15, 0.2) is 12.1 Å². The molecule has 1 aromatic carbocycles. The van der Waals surface area contributed by atoms with Gasteiger partial charge in [-0.2, -0.15) is 0 Å². The van der Waals surface area contributed by atoms with Crippen LogP contribution >= 0.6 is 11.6 Å². The van der Waals surface area contributed by atoms with Crippen molar-refractivity contribution in [3.8, 4) is 0 Å². The van der Waals surface area contributed by atoms with Crippen LogP contribution in [0.2, 0.25) is 5.02 Å². The Balaban J connectivity index is 2.64. The number of carbonyl (C=O) groups is 1. The standard InChI is InChI=1S/C10H9ClO/c11-10-5-4-7(6-12)8-2-1-3-9(8)10/h4-6H,1-3H2. The highest BCUT2D eigenvalue weighted by molar-refractivity contribution is 6.31. The maximum absolute atomic E-state index is 10.6. The topological polar surface area (TPSA) is 17.1 Å². The van der Waals surface area contributed by atoms with Crippen molar-refractivity contribution < 1.29 is 4.79 Å². The molecule has 0 aromatic heterocycles. The van der Waals surface area contributed by atoms with Gasteiger partial charge in [-0.1, -0.05) is 11.6 Å². The summed E-state index contributed by atoms with van der Waals surface area (Å²) in [6, 6.07) is 3.62. The lowest BCUT2D eigenvalue weighted by Gasteiger charge is -2.03. The molecular formula is C10H9ClO. The number of carbonyl (C=O) groups excluding carboxylic acids is 1. The van der Waals surface area contributed by atoms with Crippen molar-refractivity contribution in [2.24, 2.45) is 0 Å². The number of hydrogen-bond donors (Lipinski definition) is 0. The van der Waals surface area contributed by atoms with Crippen LogP contribution in [-0.4, -0.2) is 6.29 Å². The molecule has 62 valence electrons. The Kier molecular flexibility index (Phi) is 1.89. The largest absolute Gasteiger partial charge is 0.298 e. The molecule has 0 radical (unpaired) electrons. The Morgan fingerprint density at radius 3 is 2.75 bits per heavy atom. The summed E-state index contributed by atoms with van der Waals surface area (Å²) in [6.45, 7) is 0. The van der Waals surface area contributed by atoms with Gasteiger partial charge in [0.1, 0.15) is 6.29 Å². The Morgan fingerprint density at radius 2 is 2.00 bits per heavy atom. The molecule has 0 spiro atoms. The molecule has 0 saturated heterocycles. The van der Waals surface area contributed by atoms with E-state index in [1.54, 1.807) is 6.07 Å². The zero-order valence-corrected chi connectivity index (χ0v) is 7.40. The third-order valence-corrected chi connectivity index (χ3v) is 2.74. The van der Waals surface area contributed by atoms with E-state index in [2.05, 4.69) is 0 Å². The molecule has 1 aliphatic rings. The maximum Gasteiger partial charge on any atom is 0.150 e. The second-order valence-corrected chi connectivity index (χ2v) is 3.47. The third-order valence-electron chi connectivity index (χ3n) is 2.39. The summed E-state index contributed by atoms with van der Waals surface area (Å²) in [4.78, 5) is 10.6. The van der Waals surface area contributed by atoms with Gasteiger partial charge in [-0.25, -0.2) is 0 Å². The van der Waals surface area contributed by atoms with E-state index in [4.69, 9.17) is 11.6 Å². The lowest BCUT2D eigenvalue weighted by Crippen LogP contribution is -1.91. The highest BCUT2D eigenvalue weighted by Gasteiger charge is 2.16. The van der Waals surface area contributed by atoms with E-state index in [9.17, 15) is 4.79 Å². The summed E-state index contributed by atoms with van der Waals surface area (Å²) in [5.74, 6) is 0. The minimum Gasteiger partial charge on any atom is -0.298 e. The van der Waals surface area contributed by atoms with E-state index in [-0.39, 0.29) is 0 Å². The SMILES string of the molecule is O=Cc1ccc(Cl)c2c1CCC2. The number of benzene rings is 1. The lowest BCUT2D eigenvalue weighted by molar-refractivity contribution is 0.112. The number of hydrogen-bond acceptors (Lipinski definition) is 1. The van der Waals surface area contributed by atoms with Crippen molar-refractivity contribution in [3.63, 3.8) is 0 Å². The third kappa shape index (κ3) is 1.05. The molecule has 0 aliphatic heterocycles. The Hall–Kier alpha value is -0.820. The van der Waals surface area contributed by atoms with Crippen LogP contribution in [-0.2, 0) is 12.8 Å².